The molecule has 7 nitrogen and oxygen atoms in total. The van der Waals surface area contributed by atoms with E-state index in [4.69, 9.17) is 19.9 Å². The fourth-order valence-electron chi connectivity index (χ4n) is 4.48. The van der Waals surface area contributed by atoms with Crippen molar-refractivity contribution in [3.05, 3.63) is 58.6 Å². The highest BCUT2D eigenvalue weighted by atomic mass is 28.4. The minimum absolute atomic E-state index is 0.113. The average Bonchev–Trinajstić information content (AvgIpc) is 3.27. The van der Waals surface area contributed by atoms with Gasteiger partial charge in [0, 0.05) is 54.6 Å². The first-order chi connectivity index (χ1) is 15.6. The van der Waals surface area contributed by atoms with Crippen LogP contribution < -0.4 is 5.32 Å². The molecule has 32 heavy (non-hydrogen) atoms. The Hall–Kier alpha value is -2.83. The summed E-state index contributed by atoms with van der Waals surface area (Å²) < 4.78 is 17.8. The average molecular weight is 450 g/mol. The van der Waals surface area contributed by atoms with Crippen LogP contribution in [0.25, 0.3) is 21.2 Å². The van der Waals surface area contributed by atoms with Gasteiger partial charge in [-0.1, -0.05) is 24.3 Å². The van der Waals surface area contributed by atoms with Crippen molar-refractivity contribution in [2.24, 2.45) is 4.99 Å². The van der Waals surface area contributed by atoms with Gasteiger partial charge in [-0.25, -0.2) is 9.84 Å². The van der Waals surface area contributed by atoms with E-state index in [1.807, 2.05) is 45.0 Å². The van der Waals surface area contributed by atoms with E-state index in [0.29, 0.717) is 31.1 Å². The number of benzene rings is 2. The maximum atomic E-state index is 12.1. The zero-order valence-corrected chi connectivity index (χ0v) is 19.7. The standard InChI is InChI=1S/C24H27N3O4Si/c1-5-29-32(30-6-2,31-7-3)15-9-14-26-19-13-12-17-20-16(19)10-8-11-18(20)22-21(17)23(25-4)24(28)27-22/h8,10-13,26H,5-7,9,14-15H2,1-3H3. The van der Waals surface area contributed by atoms with Crippen LogP contribution in [0.2, 0.25) is 6.04 Å². The number of hydrogen-bond donors (Lipinski definition) is 1. The Morgan fingerprint density at radius 2 is 1.75 bits per heavy atom. The normalized spacial score (nSPS) is 14.7. The first kappa shape index (κ1) is 22.4. The number of carbonyl (C=O) groups is 1. The largest absolute Gasteiger partial charge is 0.500 e. The molecule has 0 atom stereocenters. The molecule has 1 amide bonds. The monoisotopic (exact) mass is 449 g/mol. The zero-order valence-electron chi connectivity index (χ0n) is 18.7. The van der Waals surface area contributed by atoms with Gasteiger partial charge in [-0.15, -0.1) is 0 Å². The molecule has 1 aliphatic heterocycles. The maximum Gasteiger partial charge on any atom is 0.500 e. The molecule has 0 bridgehead atoms. The molecule has 0 unspecified atom stereocenters. The van der Waals surface area contributed by atoms with Gasteiger partial charge < -0.3 is 18.6 Å². The quantitative estimate of drug-likeness (QED) is 0.307. The van der Waals surface area contributed by atoms with Crippen molar-refractivity contribution >= 4 is 42.5 Å². The Morgan fingerprint density at radius 3 is 2.41 bits per heavy atom. The molecule has 0 radical (unpaired) electrons. The maximum absolute atomic E-state index is 12.1. The third kappa shape index (κ3) is 3.78. The van der Waals surface area contributed by atoms with Crippen molar-refractivity contribution in [2.75, 3.05) is 31.7 Å². The second kappa shape index (κ2) is 9.34. The number of nitrogens with zero attached hydrogens (tertiary/aromatic N) is 2. The highest BCUT2D eigenvalue weighted by molar-refractivity contribution is 6.60. The summed E-state index contributed by atoms with van der Waals surface area (Å²) in [6.07, 6.45) is 0.851. The van der Waals surface area contributed by atoms with Crippen LogP contribution in [-0.2, 0) is 18.1 Å². The van der Waals surface area contributed by atoms with Crippen LogP contribution in [0.15, 0.2) is 41.0 Å². The van der Waals surface area contributed by atoms with Gasteiger partial charge in [0.25, 0.3) is 11.6 Å². The second-order valence-electron chi connectivity index (χ2n) is 7.50. The SMILES string of the molecule is [C-]#[N+]C1=C2C(=NC1=O)c1cccc3c(NCCC[Si](OCC)(OCC)OCC)ccc2c13. The van der Waals surface area contributed by atoms with E-state index in [2.05, 4.69) is 21.2 Å². The van der Waals surface area contributed by atoms with Gasteiger partial charge >= 0.3 is 8.80 Å². The number of carbonyl (C=O) groups excluding carboxylic acids is 1. The number of amides is 1. The molecule has 0 fully saturated rings. The van der Waals surface area contributed by atoms with Gasteiger partial charge in [0.05, 0.1) is 12.3 Å². The Morgan fingerprint density at radius 1 is 1.03 bits per heavy atom. The number of nitrogens with one attached hydrogen (secondary N) is 1. The summed E-state index contributed by atoms with van der Waals surface area (Å²) >= 11 is 0. The number of rotatable bonds is 11. The molecule has 2 aromatic rings. The van der Waals surface area contributed by atoms with Crippen LogP contribution in [0.4, 0.5) is 5.69 Å². The van der Waals surface area contributed by atoms with Gasteiger partial charge in [0.15, 0.2) is 0 Å². The number of allylic oxidation sites excluding steroid dienone is 1. The van der Waals surface area contributed by atoms with Crippen LogP contribution in [0.3, 0.4) is 0 Å². The van der Waals surface area contributed by atoms with Crippen LogP contribution in [-0.4, -0.2) is 46.8 Å². The fraction of sp³-hybridized carbons (Fsp3) is 0.375. The molecule has 8 heteroatoms. The molecule has 0 saturated carbocycles. The van der Waals surface area contributed by atoms with E-state index in [9.17, 15) is 4.79 Å². The molecule has 0 spiro atoms. The van der Waals surface area contributed by atoms with Crippen molar-refractivity contribution in [2.45, 2.75) is 33.2 Å². The predicted octanol–water partition coefficient (Wildman–Crippen LogP) is 4.66. The van der Waals surface area contributed by atoms with Crippen LogP contribution in [0.5, 0.6) is 0 Å². The Labute approximate surface area is 189 Å². The summed E-state index contributed by atoms with van der Waals surface area (Å²) in [7, 11) is -2.65. The first-order valence-corrected chi connectivity index (χ1v) is 13.0. The molecule has 1 N–H and O–H groups in total. The molecule has 2 aromatic carbocycles. The van der Waals surface area contributed by atoms with Crippen LogP contribution in [0, 0.1) is 6.57 Å². The first-order valence-electron chi connectivity index (χ1n) is 11.1. The van der Waals surface area contributed by atoms with Gasteiger partial charge in [-0.3, -0.25) is 4.79 Å². The van der Waals surface area contributed by atoms with Crippen molar-refractivity contribution in [1.82, 2.24) is 0 Å². The molecule has 1 aliphatic carbocycles. The molecule has 0 saturated heterocycles. The third-order valence-corrected chi connectivity index (χ3v) is 8.79. The minimum Gasteiger partial charge on any atom is -0.385 e. The van der Waals surface area contributed by atoms with Gasteiger partial charge in [-0.2, -0.15) is 0 Å². The van der Waals surface area contributed by atoms with E-state index >= 15 is 0 Å². The van der Waals surface area contributed by atoms with E-state index in [1.165, 1.54) is 0 Å². The number of anilines is 1. The fourth-order valence-corrected chi connectivity index (χ4v) is 7.09. The molecular weight excluding hydrogens is 422 g/mol. The summed E-state index contributed by atoms with van der Waals surface area (Å²) in [6.45, 7) is 15.8. The van der Waals surface area contributed by atoms with E-state index in [1.54, 1.807) is 0 Å². The van der Waals surface area contributed by atoms with E-state index in [-0.39, 0.29) is 5.70 Å². The number of aliphatic imine (C=N–C) groups is 1. The molecule has 2 aliphatic rings. The minimum atomic E-state index is -2.65. The molecule has 1 heterocycles. The second-order valence-corrected chi connectivity index (χ2v) is 10.2. The Balaban J connectivity index is 1.55. The lowest BCUT2D eigenvalue weighted by atomic mass is 10.0. The lowest BCUT2D eigenvalue weighted by molar-refractivity contribution is -0.113. The van der Waals surface area contributed by atoms with Gasteiger partial charge in [-0.05, 0) is 44.2 Å². The van der Waals surface area contributed by atoms with Crippen molar-refractivity contribution < 1.29 is 18.1 Å². The smallest absolute Gasteiger partial charge is 0.385 e. The summed E-state index contributed by atoms with van der Waals surface area (Å²) in [4.78, 5) is 19.7. The van der Waals surface area contributed by atoms with Crippen molar-refractivity contribution in [3.63, 3.8) is 0 Å². The molecular formula is C24H27N3O4Si. The van der Waals surface area contributed by atoms with Crippen LogP contribution in [0.1, 0.15) is 38.3 Å². The van der Waals surface area contributed by atoms with Gasteiger partial charge in [0.1, 0.15) is 0 Å². The van der Waals surface area contributed by atoms with Crippen molar-refractivity contribution in [3.8, 4) is 0 Å². The van der Waals surface area contributed by atoms with E-state index < -0.39 is 14.7 Å². The number of hydrogen-bond acceptors (Lipinski definition) is 5. The molecule has 0 aromatic heterocycles. The summed E-state index contributed by atoms with van der Waals surface area (Å²) in [5.41, 5.74) is 4.25. The molecule has 166 valence electrons. The van der Waals surface area contributed by atoms with Crippen molar-refractivity contribution in [1.29, 1.82) is 0 Å². The van der Waals surface area contributed by atoms with Gasteiger partial charge in [0.2, 0.25) is 0 Å². The number of fused-ring (bicyclic) bond motifs is 3. The lowest BCUT2D eigenvalue weighted by Gasteiger charge is -2.28. The highest BCUT2D eigenvalue weighted by Crippen LogP contribution is 2.45. The topological polar surface area (TPSA) is 73.5 Å². The highest BCUT2D eigenvalue weighted by Gasteiger charge is 2.40. The third-order valence-electron chi connectivity index (χ3n) is 5.63. The molecule has 4 rings (SSSR count). The summed E-state index contributed by atoms with van der Waals surface area (Å²) in [6, 6.07) is 10.7. The lowest BCUT2D eigenvalue weighted by Crippen LogP contribution is -2.46. The summed E-state index contributed by atoms with van der Waals surface area (Å²) in [5.74, 6) is -0.444. The Bertz CT molecular complexity index is 1150. The predicted molar refractivity (Wildman–Crippen MR) is 128 cm³/mol. The zero-order chi connectivity index (χ0) is 22.7. The summed E-state index contributed by atoms with van der Waals surface area (Å²) in [5, 5.41) is 5.64. The van der Waals surface area contributed by atoms with Crippen LogP contribution >= 0.6 is 0 Å². The Kier molecular flexibility index (Phi) is 6.53. The van der Waals surface area contributed by atoms with E-state index in [0.717, 1.165) is 46.6 Å².